The molecule has 0 aliphatic heterocycles. The Hall–Kier alpha value is -2.70. The molecule has 1 aromatic carbocycles. The molecule has 1 saturated carbocycles. The maximum Gasteiger partial charge on any atom is 0.306 e. The Kier molecular flexibility index (Phi) is 5.35. The van der Waals surface area contributed by atoms with E-state index < -0.39 is 5.97 Å². The summed E-state index contributed by atoms with van der Waals surface area (Å²) in [6, 6.07) is 3.96. The summed E-state index contributed by atoms with van der Waals surface area (Å²) in [5.74, 6) is 1.52. The predicted octanol–water partition coefficient (Wildman–Crippen LogP) is 3.39. The molecule has 0 atom stereocenters. The Morgan fingerprint density at radius 1 is 1.08 bits per heavy atom. The van der Waals surface area contributed by atoms with Crippen molar-refractivity contribution in [1.29, 1.82) is 0 Å². The van der Waals surface area contributed by atoms with Gasteiger partial charge in [-0.25, -0.2) is 4.98 Å². The third kappa shape index (κ3) is 3.21. The van der Waals surface area contributed by atoms with Gasteiger partial charge in [-0.1, -0.05) is 0 Å². The van der Waals surface area contributed by atoms with Gasteiger partial charge in [0, 0.05) is 18.4 Å². The van der Waals surface area contributed by atoms with Crippen LogP contribution in [0.5, 0.6) is 17.2 Å². The number of rotatable bonds is 6. The van der Waals surface area contributed by atoms with Gasteiger partial charge in [0.15, 0.2) is 11.5 Å². The summed E-state index contributed by atoms with van der Waals surface area (Å²) in [7, 11) is 4.74. The molecule has 1 heterocycles. The molecule has 1 fully saturated rings. The Morgan fingerprint density at radius 3 is 2.35 bits per heavy atom. The van der Waals surface area contributed by atoms with Crippen LogP contribution in [0.25, 0.3) is 11.4 Å². The fourth-order valence-electron chi connectivity index (χ4n) is 3.69. The van der Waals surface area contributed by atoms with E-state index in [4.69, 9.17) is 14.2 Å². The summed E-state index contributed by atoms with van der Waals surface area (Å²) >= 11 is 0. The van der Waals surface area contributed by atoms with E-state index in [-0.39, 0.29) is 12.0 Å². The lowest BCUT2D eigenvalue weighted by atomic mass is 9.86. The zero-order chi connectivity index (χ0) is 18.7. The molecule has 2 aromatic rings. The maximum atomic E-state index is 11.2. The minimum absolute atomic E-state index is 0.223. The van der Waals surface area contributed by atoms with E-state index in [1.54, 1.807) is 27.5 Å². The number of nitrogens with zero attached hydrogens (tertiary/aromatic N) is 2. The molecular weight excluding hydrogens is 336 g/mol. The van der Waals surface area contributed by atoms with Crippen LogP contribution < -0.4 is 14.2 Å². The highest BCUT2D eigenvalue weighted by Gasteiger charge is 2.29. The molecule has 7 nitrogen and oxygen atoms in total. The molecule has 1 N–H and O–H groups in total. The van der Waals surface area contributed by atoms with Crippen molar-refractivity contribution in [1.82, 2.24) is 9.55 Å². The van der Waals surface area contributed by atoms with Crippen molar-refractivity contribution in [2.75, 3.05) is 21.3 Å². The van der Waals surface area contributed by atoms with Crippen LogP contribution in [-0.2, 0) is 4.79 Å². The molecule has 3 rings (SSSR count). The van der Waals surface area contributed by atoms with Crippen LogP contribution in [0.1, 0.15) is 31.7 Å². The number of carbonyl (C=O) groups is 1. The average molecular weight is 360 g/mol. The summed E-state index contributed by atoms with van der Waals surface area (Å²) in [4.78, 5) is 15.7. The molecule has 0 spiro atoms. The smallest absolute Gasteiger partial charge is 0.306 e. The van der Waals surface area contributed by atoms with Gasteiger partial charge in [0.2, 0.25) is 5.75 Å². The van der Waals surface area contributed by atoms with E-state index in [0.717, 1.165) is 24.2 Å². The molecule has 0 bridgehead atoms. The second kappa shape index (κ2) is 7.68. The SMILES string of the molecule is COc1ccc(-c2nccn2C2CCC(C(=O)O)CC2)c(OC)c1OC. The highest BCUT2D eigenvalue weighted by Crippen LogP contribution is 2.45. The van der Waals surface area contributed by atoms with E-state index in [1.807, 2.05) is 18.3 Å². The quantitative estimate of drug-likeness (QED) is 0.850. The van der Waals surface area contributed by atoms with Crippen LogP contribution in [0.3, 0.4) is 0 Å². The van der Waals surface area contributed by atoms with Gasteiger partial charge in [-0.05, 0) is 37.8 Å². The lowest BCUT2D eigenvalue weighted by Gasteiger charge is -2.28. The summed E-state index contributed by atoms with van der Waals surface area (Å²) < 4.78 is 18.5. The van der Waals surface area contributed by atoms with Crippen molar-refractivity contribution in [2.24, 2.45) is 5.92 Å². The van der Waals surface area contributed by atoms with E-state index in [0.29, 0.717) is 30.1 Å². The van der Waals surface area contributed by atoms with Crippen molar-refractivity contribution in [3.05, 3.63) is 24.5 Å². The molecular formula is C19H24N2O5. The first-order valence-electron chi connectivity index (χ1n) is 8.65. The zero-order valence-electron chi connectivity index (χ0n) is 15.3. The second-order valence-electron chi connectivity index (χ2n) is 6.38. The molecule has 7 heteroatoms. The molecule has 1 aromatic heterocycles. The van der Waals surface area contributed by atoms with Gasteiger partial charge in [-0.3, -0.25) is 4.79 Å². The molecule has 0 saturated heterocycles. The van der Waals surface area contributed by atoms with Gasteiger partial charge in [0.05, 0.1) is 32.8 Å². The van der Waals surface area contributed by atoms with Crippen molar-refractivity contribution in [2.45, 2.75) is 31.7 Å². The summed E-state index contributed by atoms with van der Waals surface area (Å²) in [5.41, 5.74) is 0.815. The first-order valence-corrected chi connectivity index (χ1v) is 8.65. The number of imidazole rings is 1. The lowest BCUT2D eigenvalue weighted by Crippen LogP contribution is -2.23. The second-order valence-corrected chi connectivity index (χ2v) is 6.38. The highest BCUT2D eigenvalue weighted by molar-refractivity contribution is 5.73. The largest absolute Gasteiger partial charge is 0.493 e. The maximum absolute atomic E-state index is 11.2. The average Bonchev–Trinajstić information content (AvgIpc) is 3.16. The fourth-order valence-corrected chi connectivity index (χ4v) is 3.69. The van der Waals surface area contributed by atoms with Crippen LogP contribution in [0.4, 0.5) is 0 Å². The van der Waals surface area contributed by atoms with E-state index >= 15 is 0 Å². The van der Waals surface area contributed by atoms with Gasteiger partial charge < -0.3 is 23.9 Å². The summed E-state index contributed by atoms with van der Waals surface area (Å²) in [6.45, 7) is 0. The third-order valence-electron chi connectivity index (χ3n) is 5.05. The molecule has 0 amide bonds. The van der Waals surface area contributed by atoms with E-state index in [2.05, 4.69) is 9.55 Å². The van der Waals surface area contributed by atoms with Gasteiger partial charge in [-0.2, -0.15) is 0 Å². The number of aliphatic carboxylic acids is 1. The number of ether oxygens (including phenoxy) is 3. The third-order valence-corrected chi connectivity index (χ3v) is 5.05. The Labute approximate surface area is 152 Å². The Balaban J connectivity index is 1.95. The van der Waals surface area contributed by atoms with E-state index in [9.17, 15) is 9.90 Å². The molecule has 1 aliphatic rings. The first kappa shape index (κ1) is 18.1. The van der Waals surface area contributed by atoms with Crippen molar-refractivity contribution in [3.63, 3.8) is 0 Å². The topological polar surface area (TPSA) is 82.8 Å². The molecule has 0 radical (unpaired) electrons. The fraction of sp³-hybridized carbons (Fsp3) is 0.474. The Morgan fingerprint density at radius 2 is 1.77 bits per heavy atom. The zero-order valence-corrected chi connectivity index (χ0v) is 15.3. The molecule has 26 heavy (non-hydrogen) atoms. The molecule has 140 valence electrons. The van der Waals surface area contributed by atoms with Crippen molar-refractivity contribution < 1.29 is 24.1 Å². The van der Waals surface area contributed by atoms with Gasteiger partial charge in [0.1, 0.15) is 5.82 Å². The van der Waals surface area contributed by atoms with Crippen LogP contribution in [-0.4, -0.2) is 42.0 Å². The first-order chi connectivity index (χ1) is 12.6. The minimum Gasteiger partial charge on any atom is -0.493 e. The van der Waals surface area contributed by atoms with Crippen LogP contribution in [0.15, 0.2) is 24.5 Å². The minimum atomic E-state index is -0.698. The molecule has 0 unspecified atom stereocenters. The predicted molar refractivity (Wildman–Crippen MR) is 95.9 cm³/mol. The number of carboxylic acids is 1. The van der Waals surface area contributed by atoms with Gasteiger partial charge >= 0.3 is 5.97 Å². The van der Waals surface area contributed by atoms with Crippen LogP contribution in [0, 0.1) is 5.92 Å². The number of hydrogen-bond donors (Lipinski definition) is 1. The summed E-state index contributed by atoms with van der Waals surface area (Å²) in [6.07, 6.45) is 6.69. The lowest BCUT2D eigenvalue weighted by molar-refractivity contribution is -0.143. The molecule has 1 aliphatic carbocycles. The van der Waals surface area contributed by atoms with Crippen LogP contribution in [0.2, 0.25) is 0 Å². The number of benzene rings is 1. The normalized spacial score (nSPS) is 19.8. The standard InChI is InChI=1S/C19H24N2O5/c1-24-15-9-8-14(16(25-2)17(15)26-3)18-20-10-11-21(18)13-6-4-12(5-7-13)19(22)23/h8-13H,4-7H2,1-3H3,(H,22,23). The summed E-state index contributed by atoms with van der Waals surface area (Å²) in [5, 5.41) is 9.20. The number of methoxy groups -OCH3 is 3. The Bertz CT molecular complexity index is 778. The highest BCUT2D eigenvalue weighted by atomic mass is 16.5. The number of carboxylic acid groups (broad SMARTS) is 1. The van der Waals surface area contributed by atoms with Gasteiger partial charge in [-0.15, -0.1) is 0 Å². The number of hydrogen-bond acceptors (Lipinski definition) is 5. The van der Waals surface area contributed by atoms with E-state index in [1.165, 1.54) is 0 Å². The van der Waals surface area contributed by atoms with Crippen molar-refractivity contribution >= 4 is 5.97 Å². The van der Waals surface area contributed by atoms with Gasteiger partial charge in [0.25, 0.3) is 0 Å². The number of aromatic nitrogens is 2. The monoisotopic (exact) mass is 360 g/mol. The van der Waals surface area contributed by atoms with Crippen molar-refractivity contribution in [3.8, 4) is 28.6 Å². The van der Waals surface area contributed by atoms with Crippen LogP contribution >= 0.6 is 0 Å².